The summed E-state index contributed by atoms with van der Waals surface area (Å²) in [7, 11) is 0. The second kappa shape index (κ2) is 7.48. The van der Waals surface area contributed by atoms with Crippen LogP contribution in [0, 0.1) is 11.8 Å². The van der Waals surface area contributed by atoms with Crippen molar-refractivity contribution in [2.24, 2.45) is 11.8 Å². The number of carbonyl (C=O) groups excluding carboxylic acids is 2. The molecule has 1 unspecified atom stereocenters. The molecule has 1 N–H and O–H groups in total. The van der Waals surface area contributed by atoms with Gasteiger partial charge in [-0.3, -0.25) is 9.59 Å². The van der Waals surface area contributed by atoms with Crippen LogP contribution in [0.25, 0.3) is 11.0 Å². The molecule has 6 nitrogen and oxygen atoms in total. The first kappa shape index (κ1) is 17.1. The van der Waals surface area contributed by atoms with Gasteiger partial charge in [-0.15, -0.1) is 0 Å². The third kappa shape index (κ3) is 3.74. The van der Waals surface area contributed by atoms with E-state index >= 15 is 0 Å². The van der Waals surface area contributed by atoms with Gasteiger partial charge in [-0.05, 0) is 44.2 Å². The van der Waals surface area contributed by atoms with Crippen molar-refractivity contribution in [3.63, 3.8) is 0 Å². The van der Waals surface area contributed by atoms with E-state index in [-0.39, 0.29) is 23.7 Å². The number of piperidine rings is 1. The fraction of sp³-hybridized carbons (Fsp3) is 0.550. The summed E-state index contributed by atoms with van der Waals surface area (Å²) in [5, 5.41) is 3.06. The van der Waals surface area contributed by atoms with Gasteiger partial charge < -0.3 is 14.8 Å². The van der Waals surface area contributed by atoms with E-state index in [0.717, 1.165) is 56.2 Å². The van der Waals surface area contributed by atoms with Crippen LogP contribution in [0.3, 0.4) is 0 Å². The van der Waals surface area contributed by atoms with Crippen molar-refractivity contribution in [1.29, 1.82) is 0 Å². The zero-order chi connectivity index (χ0) is 17.9. The van der Waals surface area contributed by atoms with Crippen LogP contribution < -0.4 is 5.32 Å². The van der Waals surface area contributed by atoms with Crippen LogP contribution in [0.4, 0.5) is 0 Å². The molecule has 2 amide bonds. The van der Waals surface area contributed by atoms with E-state index in [4.69, 9.17) is 0 Å². The largest absolute Gasteiger partial charge is 0.356 e. The van der Waals surface area contributed by atoms with E-state index in [9.17, 15) is 9.59 Å². The Bertz CT molecular complexity index is 796. The molecule has 2 aromatic rings. The SMILES string of the molecule is O=C(NCCCn1cnc2ccccc21)C1CCCN(C(=O)C2CC2)C1. The number of imidazole rings is 1. The number of amides is 2. The smallest absolute Gasteiger partial charge is 0.225 e. The van der Waals surface area contributed by atoms with E-state index in [0.29, 0.717) is 13.1 Å². The summed E-state index contributed by atoms with van der Waals surface area (Å²) in [5.41, 5.74) is 2.12. The van der Waals surface area contributed by atoms with Gasteiger partial charge in [0.05, 0.1) is 23.3 Å². The number of carbonyl (C=O) groups is 2. The third-order valence-corrected chi connectivity index (χ3v) is 5.43. The predicted octanol–water partition coefficient (Wildman–Crippen LogP) is 2.19. The average Bonchev–Trinajstić information content (AvgIpc) is 3.45. The molecule has 1 aromatic carbocycles. The molecule has 6 heteroatoms. The molecule has 2 heterocycles. The normalized spacial score (nSPS) is 20.3. The molecule has 1 aliphatic heterocycles. The quantitative estimate of drug-likeness (QED) is 0.809. The lowest BCUT2D eigenvalue weighted by atomic mass is 9.96. The van der Waals surface area contributed by atoms with E-state index < -0.39 is 0 Å². The van der Waals surface area contributed by atoms with Gasteiger partial charge in [0.25, 0.3) is 0 Å². The van der Waals surface area contributed by atoms with Gasteiger partial charge in [0.15, 0.2) is 0 Å². The Morgan fingerprint density at radius 1 is 1.15 bits per heavy atom. The Labute approximate surface area is 153 Å². The predicted molar refractivity (Wildman–Crippen MR) is 99.4 cm³/mol. The number of fused-ring (bicyclic) bond motifs is 1. The Morgan fingerprint density at radius 3 is 2.85 bits per heavy atom. The number of para-hydroxylation sites is 2. The van der Waals surface area contributed by atoms with Crippen LogP contribution in [0.15, 0.2) is 30.6 Å². The zero-order valence-electron chi connectivity index (χ0n) is 15.1. The van der Waals surface area contributed by atoms with E-state index in [1.807, 2.05) is 29.4 Å². The lowest BCUT2D eigenvalue weighted by Crippen LogP contribution is -2.46. The lowest BCUT2D eigenvalue weighted by molar-refractivity contribution is -0.136. The molecular weight excluding hydrogens is 328 g/mol. The van der Waals surface area contributed by atoms with Gasteiger partial charge >= 0.3 is 0 Å². The highest BCUT2D eigenvalue weighted by Crippen LogP contribution is 2.32. The molecule has 26 heavy (non-hydrogen) atoms. The molecule has 1 saturated carbocycles. The van der Waals surface area contributed by atoms with Crippen LogP contribution >= 0.6 is 0 Å². The molecule has 0 bridgehead atoms. The first-order chi connectivity index (χ1) is 12.7. The van der Waals surface area contributed by atoms with Crippen LogP contribution in [-0.4, -0.2) is 45.9 Å². The van der Waals surface area contributed by atoms with Crippen molar-refractivity contribution >= 4 is 22.8 Å². The average molecular weight is 354 g/mol. The summed E-state index contributed by atoms with van der Waals surface area (Å²) in [4.78, 5) is 31.0. The third-order valence-electron chi connectivity index (χ3n) is 5.43. The molecule has 0 spiro atoms. The summed E-state index contributed by atoms with van der Waals surface area (Å²) in [5.74, 6) is 0.533. The highest BCUT2D eigenvalue weighted by Gasteiger charge is 2.36. The van der Waals surface area contributed by atoms with Crippen molar-refractivity contribution < 1.29 is 9.59 Å². The summed E-state index contributed by atoms with van der Waals surface area (Å²) < 4.78 is 2.12. The second-order valence-corrected chi connectivity index (χ2v) is 7.47. The van der Waals surface area contributed by atoms with Gasteiger partial charge in [-0.1, -0.05) is 12.1 Å². The fourth-order valence-corrected chi connectivity index (χ4v) is 3.77. The molecule has 4 rings (SSSR count). The minimum Gasteiger partial charge on any atom is -0.356 e. The van der Waals surface area contributed by atoms with E-state index in [1.165, 1.54) is 0 Å². The Hall–Kier alpha value is -2.37. The number of hydrogen-bond acceptors (Lipinski definition) is 3. The maximum Gasteiger partial charge on any atom is 0.225 e. The number of aromatic nitrogens is 2. The highest BCUT2D eigenvalue weighted by atomic mass is 16.2. The number of benzene rings is 1. The molecule has 2 fully saturated rings. The second-order valence-electron chi connectivity index (χ2n) is 7.47. The van der Waals surface area contributed by atoms with Crippen LogP contribution in [0.1, 0.15) is 32.1 Å². The van der Waals surface area contributed by atoms with Gasteiger partial charge in [0, 0.05) is 32.1 Å². The lowest BCUT2D eigenvalue weighted by Gasteiger charge is -2.32. The molecule has 1 aromatic heterocycles. The molecular formula is C20H26N4O2. The Balaban J connectivity index is 1.23. The highest BCUT2D eigenvalue weighted by molar-refractivity contribution is 5.83. The number of rotatable bonds is 6. The maximum absolute atomic E-state index is 12.5. The van der Waals surface area contributed by atoms with Gasteiger partial charge in [0.1, 0.15) is 0 Å². The first-order valence-electron chi connectivity index (χ1n) is 9.69. The van der Waals surface area contributed by atoms with Gasteiger partial charge in [-0.25, -0.2) is 4.98 Å². The minimum absolute atomic E-state index is 0.0551. The first-order valence-corrected chi connectivity index (χ1v) is 9.69. The Kier molecular flexibility index (Phi) is 4.91. The maximum atomic E-state index is 12.5. The van der Waals surface area contributed by atoms with Crippen molar-refractivity contribution in [2.75, 3.05) is 19.6 Å². The number of nitrogens with one attached hydrogen (secondary N) is 1. The monoisotopic (exact) mass is 354 g/mol. The molecule has 0 radical (unpaired) electrons. The topological polar surface area (TPSA) is 67.2 Å². The van der Waals surface area contributed by atoms with Crippen molar-refractivity contribution in [3.8, 4) is 0 Å². The van der Waals surface area contributed by atoms with Crippen LogP contribution in [-0.2, 0) is 16.1 Å². The minimum atomic E-state index is -0.0551. The summed E-state index contributed by atoms with van der Waals surface area (Å²) in [6.45, 7) is 2.89. The molecule has 1 aliphatic carbocycles. The summed E-state index contributed by atoms with van der Waals surface area (Å²) in [6, 6.07) is 8.07. The van der Waals surface area contributed by atoms with Crippen molar-refractivity contribution in [3.05, 3.63) is 30.6 Å². The molecule has 2 aliphatic rings. The number of nitrogens with zero attached hydrogens (tertiary/aromatic N) is 3. The van der Waals surface area contributed by atoms with Crippen LogP contribution in [0.5, 0.6) is 0 Å². The zero-order valence-corrected chi connectivity index (χ0v) is 15.1. The number of hydrogen-bond donors (Lipinski definition) is 1. The van der Waals surface area contributed by atoms with Crippen LogP contribution in [0.2, 0.25) is 0 Å². The van der Waals surface area contributed by atoms with Gasteiger partial charge in [0.2, 0.25) is 11.8 Å². The van der Waals surface area contributed by atoms with E-state index in [2.05, 4.69) is 20.9 Å². The number of aryl methyl sites for hydroxylation is 1. The summed E-state index contributed by atoms with van der Waals surface area (Å²) in [6.07, 6.45) is 6.58. The molecule has 1 saturated heterocycles. The van der Waals surface area contributed by atoms with Crippen molar-refractivity contribution in [2.45, 2.75) is 38.6 Å². The molecule has 138 valence electrons. The van der Waals surface area contributed by atoms with Gasteiger partial charge in [-0.2, -0.15) is 0 Å². The number of likely N-dealkylation sites (tertiary alicyclic amines) is 1. The standard InChI is InChI=1S/C20H26N4O2/c25-19(16-5-3-11-23(13-16)20(26)15-8-9-15)21-10-4-12-24-14-22-17-6-1-2-7-18(17)24/h1-2,6-7,14-16H,3-5,8-13H2,(H,21,25). The Morgan fingerprint density at radius 2 is 2.00 bits per heavy atom. The van der Waals surface area contributed by atoms with E-state index in [1.54, 1.807) is 0 Å². The van der Waals surface area contributed by atoms with Crippen molar-refractivity contribution in [1.82, 2.24) is 19.8 Å². The fourth-order valence-electron chi connectivity index (χ4n) is 3.77. The molecule has 1 atom stereocenters. The summed E-state index contributed by atoms with van der Waals surface area (Å²) >= 11 is 0.